The molecule has 0 atom stereocenters. The molecule has 20 heavy (non-hydrogen) atoms. The van der Waals surface area contributed by atoms with Crippen LogP contribution in [-0.2, 0) is 16.6 Å². The van der Waals surface area contributed by atoms with E-state index in [1.165, 1.54) is 12.1 Å². The largest absolute Gasteiger partial charge is 0.392 e. The number of hydrogen-bond acceptors (Lipinski definition) is 4. The predicted octanol–water partition coefficient (Wildman–Crippen LogP) is 1.72. The summed E-state index contributed by atoms with van der Waals surface area (Å²) < 4.78 is 26.8. The Hall–Kier alpha value is -0.370. The summed E-state index contributed by atoms with van der Waals surface area (Å²) in [7, 11) is 0.121. The maximum absolute atomic E-state index is 12.1. The highest BCUT2D eigenvalue weighted by molar-refractivity contribution is 7.89. The van der Waals surface area contributed by atoms with Crippen LogP contribution in [0.5, 0.6) is 0 Å². The van der Waals surface area contributed by atoms with E-state index >= 15 is 0 Å². The van der Waals surface area contributed by atoms with Gasteiger partial charge in [-0.3, -0.25) is 0 Å². The van der Waals surface area contributed by atoms with Crippen molar-refractivity contribution in [2.75, 3.05) is 27.2 Å². The van der Waals surface area contributed by atoms with E-state index in [0.717, 1.165) is 6.54 Å². The molecule has 0 spiro atoms. The zero-order chi connectivity index (χ0) is 15.3. The quantitative estimate of drug-likeness (QED) is 0.741. The molecular weight excluding hydrogens is 323 g/mol. The fraction of sp³-hybridized carbons (Fsp3) is 0.500. The van der Waals surface area contributed by atoms with Crippen LogP contribution in [-0.4, -0.2) is 45.6 Å². The van der Waals surface area contributed by atoms with Gasteiger partial charge in [0.25, 0.3) is 0 Å². The van der Waals surface area contributed by atoms with Gasteiger partial charge in [0.1, 0.15) is 4.90 Å². The Labute approximate surface area is 129 Å². The smallest absolute Gasteiger partial charge is 0.242 e. The minimum atomic E-state index is -3.71. The summed E-state index contributed by atoms with van der Waals surface area (Å²) in [5, 5.41) is 9.37. The predicted molar refractivity (Wildman–Crippen MR) is 80.7 cm³/mol. The van der Waals surface area contributed by atoms with E-state index < -0.39 is 16.6 Å². The summed E-state index contributed by atoms with van der Waals surface area (Å²) in [6.45, 7) is 0.675. The molecule has 114 valence electrons. The molecule has 0 fully saturated rings. The summed E-state index contributed by atoms with van der Waals surface area (Å²) in [6, 6.07) is 2.74. The minimum Gasteiger partial charge on any atom is -0.392 e. The van der Waals surface area contributed by atoms with Crippen LogP contribution < -0.4 is 4.72 Å². The molecule has 2 N–H and O–H groups in total. The number of benzene rings is 1. The maximum atomic E-state index is 12.1. The van der Waals surface area contributed by atoms with Crippen molar-refractivity contribution in [3.8, 4) is 0 Å². The number of rotatable bonds is 7. The van der Waals surface area contributed by atoms with E-state index in [1.807, 2.05) is 19.0 Å². The first-order valence-electron chi connectivity index (χ1n) is 6.01. The number of aliphatic hydroxyl groups excluding tert-OH is 1. The van der Waals surface area contributed by atoms with E-state index in [4.69, 9.17) is 23.2 Å². The number of halogens is 2. The minimum absolute atomic E-state index is 0.0416. The summed E-state index contributed by atoms with van der Waals surface area (Å²) in [5.74, 6) is 0. The molecule has 5 nitrogen and oxygen atoms in total. The Bertz CT molecular complexity index is 562. The van der Waals surface area contributed by atoms with Crippen LogP contribution in [0.4, 0.5) is 0 Å². The van der Waals surface area contributed by atoms with Crippen molar-refractivity contribution >= 4 is 33.2 Å². The monoisotopic (exact) mass is 340 g/mol. The topological polar surface area (TPSA) is 69.6 Å². The van der Waals surface area contributed by atoms with Gasteiger partial charge in [0, 0.05) is 17.1 Å². The van der Waals surface area contributed by atoms with Crippen LogP contribution in [0.15, 0.2) is 17.0 Å². The van der Waals surface area contributed by atoms with Crippen molar-refractivity contribution in [1.29, 1.82) is 0 Å². The Morgan fingerprint density at radius 1 is 1.30 bits per heavy atom. The van der Waals surface area contributed by atoms with Gasteiger partial charge in [0.2, 0.25) is 10.0 Å². The molecule has 0 aliphatic rings. The third-order valence-corrected chi connectivity index (χ3v) is 5.07. The molecule has 0 aromatic heterocycles. The highest BCUT2D eigenvalue weighted by Gasteiger charge is 2.20. The zero-order valence-electron chi connectivity index (χ0n) is 11.4. The number of nitrogens with one attached hydrogen (secondary N) is 1. The molecular formula is C12H18Cl2N2O3S. The van der Waals surface area contributed by atoms with Crippen LogP contribution >= 0.6 is 23.2 Å². The van der Waals surface area contributed by atoms with E-state index in [9.17, 15) is 13.5 Å². The van der Waals surface area contributed by atoms with Gasteiger partial charge in [0.15, 0.2) is 0 Å². The fourth-order valence-corrected chi connectivity index (χ4v) is 3.58. The Balaban J connectivity index is 2.88. The molecule has 1 rings (SSSR count). The van der Waals surface area contributed by atoms with E-state index in [2.05, 4.69) is 4.72 Å². The summed E-state index contributed by atoms with van der Waals surface area (Å²) >= 11 is 11.8. The number of sulfonamides is 1. The lowest BCUT2D eigenvalue weighted by molar-refractivity contribution is 0.281. The third kappa shape index (κ3) is 4.58. The van der Waals surface area contributed by atoms with Gasteiger partial charge in [-0.1, -0.05) is 23.2 Å². The van der Waals surface area contributed by atoms with Crippen molar-refractivity contribution in [1.82, 2.24) is 9.62 Å². The second kappa shape index (κ2) is 7.59. The summed E-state index contributed by atoms with van der Waals surface area (Å²) in [4.78, 5) is 1.89. The number of hydrogen-bond donors (Lipinski definition) is 2. The summed E-state index contributed by atoms with van der Waals surface area (Å²) in [5.41, 5.74) is 0.212. The first kappa shape index (κ1) is 17.7. The molecule has 0 saturated carbocycles. The molecule has 0 saturated heterocycles. The van der Waals surface area contributed by atoms with Crippen LogP contribution in [0.1, 0.15) is 12.0 Å². The van der Waals surface area contributed by atoms with Crippen molar-refractivity contribution in [2.24, 2.45) is 0 Å². The lowest BCUT2D eigenvalue weighted by Gasteiger charge is -2.13. The molecule has 1 aromatic rings. The second-order valence-corrected chi connectivity index (χ2v) is 7.07. The van der Waals surface area contributed by atoms with E-state index in [1.54, 1.807) is 0 Å². The van der Waals surface area contributed by atoms with Crippen molar-refractivity contribution in [3.05, 3.63) is 27.7 Å². The van der Waals surface area contributed by atoms with Gasteiger partial charge in [-0.05, 0) is 39.2 Å². The molecule has 0 radical (unpaired) electrons. The van der Waals surface area contributed by atoms with Gasteiger partial charge >= 0.3 is 0 Å². The van der Waals surface area contributed by atoms with Crippen LogP contribution in [0.2, 0.25) is 10.0 Å². The Morgan fingerprint density at radius 3 is 2.50 bits per heavy atom. The zero-order valence-corrected chi connectivity index (χ0v) is 13.7. The third-order valence-electron chi connectivity index (χ3n) is 2.67. The summed E-state index contributed by atoms with van der Waals surface area (Å²) in [6.07, 6.45) is 0.685. The highest BCUT2D eigenvalue weighted by atomic mass is 35.5. The first-order valence-corrected chi connectivity index (χ1v) is 8.25. The second-order valence-electron chi connectivity index (χ2n) is 4.55. The first-order chi connectivity index (χ1) is 9.29. The van der Waals surface area contributed by atoms with E-state index in [-0.39, 0.29) is 20.5 Å². The molecule has 8 heteroatoms. The van der Waals surface area contributed by atoms with Crippen LogP contribution in [0.25, 0.3) is 0 Å². The number of aliphatic hydroxyl groups is 1. The lowest BCUT2D eigenvalue weighted by Crippen LogP contribution is -2.27. The van der Waals surface area contributed by atoms with Crippen molar-refractivity contribution in [3.63, 3.8) is 0 Å². The Kier molecular flexibility index (Phi) is 6.71. The Morgan fingerprint density at radius 2 is 1.95 bits per heavy atom. The average Bonchev–Trinajstić information content (AvgIpc) is 2.34. The SMILES string of the molecule is CN(C)CCCNS(=O)(=O)c1ccc(Cl)c(CO)c1Cl. The van der Waals surface area contributed by atoms with Gasteiger partial charge in [-0.2, -0.15) is 0 Å². The van der Waals surface area contributed by atoms with Crippen LogP contribution in [0.3, 0.4) is 0 Å². The van der Waals surface area contributed by atoms with Gasteiger partial charge < -0.3 is 10.0 Å². The normalized spacial score (nSPS) is 12.1. The fourth-order valence-electron chi connectivity index (χ4n) is 1.61. The highest BCUT2D eigenvalue weighted by Crippen LogP contribution is 2.30. The van der Waals surface area contributed by atoms with Gasteiger partial charge in [-0.15, -0.1) is 0 Å². The molecule has 0 bridgehead atoms. The van der Waals surface area contributed by atoms with Crippen molar-refractivity contribution in [2.45, 2.75) is 17.9 Å². The van der Waals surface area contributed by atoms with Gasteiger partial charge in [0.05, 0.1) is 11.6 Å². The average molecular weight is 341 g/mol. The molecule has 0 heterocycles. The van der Waals surface area contributed by atoms with E-state index in [0.29, 0.717) is 13.0 Å². The molecule has 0 amide bonds. The van der Waals surface area contributed by atoms with Gasteiger partial charge in [-0.25, -0.2) is 13.1 Å². The standard InChI is InChI=1S/C12H18Cl2N2O3S/c1-16(2)7-3-6-15-20(18,19)11-5-4-10(13)9(8-17)12(11)14/h4-5,15,17H,3,6-8H2,1-2H3. The van der Waals surface area contributed by atoms with Crippen LogP contribution in [0, 0.1) is 0 Å². The number of nitrogens with zero attached hydrogens (tertiary/aromatic N) is 1. The lowest BCUT2D eigenvalue weighted by atomic mass is 10.2. The molecule has 0 aliphatic heterocycles. The maximum Gasteiger partial charge on any atom is 0.242 e. The van der Waals surface area contributed by atoms with Crippen molar-refractivity contribution < 1.29 is 13.5 Å². The molecule has 0 aliphatic carbocycles. The molecule has 0 unspecified atom stereocenters. The molecule has 1 aromatic carbocycles.